The maximum Gasteiger partial charge on any atom is 0.305 e. The standard InChI is InChI=1S/C28H20ClN3O6S2/c1-14-2-8-17(9-3-14)31-26(33)22-21(23-25(30-28(35)40-23)39-24(22)27(31)34)19-12-18(32(36)37)10-11-20(19)38-13-15-4-6-16(29)7-5-15/h2-12,21-22,24H,13H2,1H3,(H,30,35). The molecular weight excluding hydrogens is 574 g/mol. The fraction of sp³-hybridized carbons (Fsp3) is 0.179. The lowest BCUT2D eigenvalue weighted by Gasteiger charge is -2.30. The summed E-state index contributed by atoms with van der Waals surface area (Å²) in [5.74, 6) is -2.24. The Morgan fingerprint density at radius 2 is 1.75 bits per heavy atom. The number of nitrogens with one attached hydrogen (secondary N) is 1. The fourth-order valence-corrected chi connectivity index (χ4v) is 7.70. The van der Waals surface area contributed by atoms with Gasteiger partial charge in [-0.25, -0.2) is 4.90 Å². The van der Waals surface area contributed by atoms with Gasteiger partial charge in [-0.2, -0.15) is 0 Å². The minimum atomic E-state index is -0.905. The molecule has 1 saturated heterocycles. The van der Waals surface area contributed by atoms with E-state index in [4.69, 9.17) is 16.3 Å². The molecule has 3 atom stereocenters. The van der Waals surface area contributed by atoms with Crippen LogP contribution >= 0.6 is 34.7 Å². The number of aromatic amines is 1. The van der Waals surface area contributed by atoms with E-state index in [0.29, 0.717) is 31.9 Å². The summed E-state index contributed by atoms with van der Waals surface area (Å²) in [6.07, 6.45) is 0. The zero-order valence-electron chi connectivity index (χ0n) is 20.8. The highest BCUT2D eigenvalue weighted by molar-refractivity contribution is 8.00. The van der Waals surface area contributed by atoms with E-state index >= 15 is 0 Å². The number of fused-ring (bicyclic) bond motifs is 2. The number of H-pyrrole nitrogens is 1. The maximum absolute atomic E-state index is 14.0. The molecule has 0 aliphatic carbocycles. The Morgan fingerprint density at radius 3 is 2.45 bits per heavy atom. The highest BCUT2D eigenvalue weighted by atomic mass is 35.5. The average Bonchev–Trinajstić information content (AvgIpc) is 3.43. The van der Waals surface area contributed by atoms with Crippen molar-refractivity contribution >= 4 is 57.9 Å². The number of aromatic nitrogens is 1. The smallest absolute Gasteiger partial charge is 0.305 e. The first-order valence-corrected chi connectivity index (χ1v) is 14.3. The molecule has 12 heteroatoms. The Bertz CT molecular complexity index is 1720. The van der Waals surface area contributed by atoms with Crippen LogP contribution in [-0.2, 0) is 16.2 Å². The van der Waals surface area contributed by atoms with Crippen LogP contribution in [0.2, 0.25) is 5.02 Å². The zero-order valence-corrected chi connectivity index (χ0v) is 23.2. The molecular formula is C28H20ClN3O6S2. The lowest BCUT2D eigenvalue weighted by Crippen LogP contribution is -2.32. The first-order chi connectivity index (χ1) is 19.2. The number of benzene rings is 3. The quantitative estimate of drug-likeness (QED) is 0.173. The molecule has 1 N–H and O–H groups in total. The van der Waals surface area contributed by atoms with Gasteiger partial charge in [0.1, 0.15) is 17.6 Å². The number of carbonyl (C=O) groups is 2. The van der Waals surface area contributed by atoms with E-state index in [0.717, 1.165) is 34.2 Å². The largest absolute Gasteiger partial charge is 0.489 e. The number of imide groups is 1. The summed E-state index contributed by atoms with van der Waals surface area (Å²) in [6, 6.07) is 18.3. The van der Waals surface area contributed by atoms with E-state index in [-0.39, 0.29) is 17.2 Å². The van der Waals surface area contributed by atoms with Crippen molar-refractivity contribution in [1.29, 1.82) is 0 Å². The van der Waals surface area contributed by atoms with Gasteiger partial charge in [-0.05, 0) is 42.8 Å². The number of aryl methyl sites for hydroxylation is 1. The van der Waals surface area contributed by atoms with Gasteiger partial charge in [-0.3, -0.25) is 24.5 Å². The van der Waals surface area contributed by atoms with Gasteiger partial charge in [0.2, 0.25) is 11.8 Å². The number of halogens is 1. The Morgan fingerprint density at radius 1 is 1.02 bits per heavy atom. The van der Waals surface area contributed by atoms with Gasteiger partial charge >= 0.3 is 4.87 Å². The van der Waals surface area contributed by atoms with Crippen molar-refractivity contribution in [2.45, 2.75) is 29.7 Å². The lowest BCUT2D eigenvalue weighted by molar-refractivity contribution is -0.385. The van der Waals surface area contributed by atoms with Crippen LogP contribution in [0.4, 0.5) is 11.4 Å². The molecule has 0 radical (unpaired) electrons. The minimum Gasteiger partial charge on any atom is -0.489 e. The van der Waals surface area contributed by atoms with E-state index < -0.39 is 33.8 Å². The predicted molar refractivity (Wildman–Crippen MR) is 152 cm³/mol. The molecule has 2 aliphatic heterocycles. The number of thiazole rings is 1. The van der Waals surface area contributed by atoms with E-state index in [1.165, 1.54) is 23.1 Å². The summed E-state index contributed by atoms with van der Waals surface area (Å²) in [7, 11) is 0. The molecule has 202 valence electrons. The highest BCUT2D eigenvalue weighted by Crippen LogP contribution is 2.55. The van der Waals surface area contributed by atoms with Crippen LogP contribution in [0.1, 0.15) is 27.5 Å². The Labute approximate surface area is 240 Å². The number of amides is 2. The monoisotopic (exact) mass is 593 g/mol. The summed E-state index contributed by atoms with van der Waals surface area (Å²) in [5, 5.41) is 12.0. The first kappa shape index (κ1) is 26.3. The van der Waals surface area contributed by atoms with Crippen molar-refractivity contribution in [3.63, 3.8) is 0 Å². The van der Waals surface area contributed by atoms with Crippen LogP contribution in [0, 0.1) is 23.0 Å². The maximum atomic E-state index is 14.0. The van der Waals surface area contributed by atoms with Crippen LogP contribution in [0.5, 0.6) is 5.75 Å². The van der Waals surface area contributed by atoms with Crippen molar-refractivity contribution in [1.82, 2.24) is 4.98 Å². The third-order valence-electron chi connectivity index (χ3n) is 6.96. The lowest BCUT2D eigenvalue weighted by atomic mass is 9.82. The summed E-state index contributed by atoms with van der Waals surface area (Å²) >= 11 is 8.07. The van der Waals surface area contributed by atoms with E-state index in [1.54, 1.807) is 36.4 Å². The fourth-order valence-electron chi connectivity index (χ4n) is 5.07. The normalized spacial score (nSPS) is 19.9. The molecule has 0 bridgehead atoms. The van der Waals surface area contributed by atoms with Crippen molar-refractivity contribution < 1.29 is 19.2 Å². The Balaban J connectivity index is 1.47. The number of thioether (sulfide) groups is 1. The van der Waals surface area contributed by atoms with Crippen molar-refractivity contribution in [2.24, 2.45) is 5.92 Å². The number of nitrogens with zero attached hydrogens (tertiary/aromatic N) is 2. The number of hydrogen-bond acceptors (Lipinski definition) is 8. The molecule has 4 aromatic rings. The number of nitro groups is 1. The van der Waals surface area contributed by atoms with Gasteiger partial charge in [-0.1, -0.05) is 64.5 Å². The third kappa shape index (κ3) is 4.59. The zero-order chi connectivity index (χ0) is 28.1. The molecule has 2 aliphatic rings. The second-order valence-electron chi connectivity index (χ2n) is 9.49. The second-order valence-corrected chi connectivity index (χ2v) is 12.1. The van der Waals surface area contributed by atoms with Crippen LogP contribution in [-0.4, -0.2) is 27.0 Å². The SMILES string of the molecule is Cc1ccc(N2C(=O)C3Sc4[nH]c(=O)sc4C(c4cc([N+](=O)[O-])ccc4OCc4ccc(Cl)cc4)C3C2=O)cc1. The molecule has 40 heavy (non-hydrogen) atoms. The van der Waals surface area contributed by atoms with E-state index in [1.807, 2.05) is 19.1 Å². The molecule has 3 unspecified atom stereocenters. The number of carbonyl (C=O) groups excluding carboxylic acids is 2. The van der Waals surface area contributed by atoms with Crippen LogP contribution in [0.15, 0.2) is 76.6 Å². The van der Waals surface area contributed by atoms with Crippen molar-refractivity contribution in [3.8, 4) is 5.75 Å². The van der Waals surface area contributed by atoms with Crippen LogP contribution in [0.25, 0.3) is 0 Å². The van der Waals surface area contributed by atoms with E-state index in [2.05, 4.69) is 4.98 Å². The van der Waals surface area contributed by atoms with Crippen LogP contribution in [0.3, 0.4) is 0 Å². The minimum absolute atomic E-state index is 0.135. The number of nitro benzene ring substituents is 1. The summed E-state index contributed by atoms with van der Waals surface area (Å²) in [5.41, 5.74) is 2.41. The van der Waals surface area contributed by atoms with E-state index in [9.17, 15) is 24.5 Å². The van der Waals surface area contributed by atoms with Gasteiger partial charge in [0.25, 0.3) is 5.69 Å². The van der Waals surface area contributed by atoms with Gasteiger partial charge < -0.3 is 9.72 Å². The number of rotatable bonds is 6. The van der Waals surface area contributed by atoms with Crippen molar-refractivity contribution in [3.05, 3.63) is 113 Å². The first-order valence-electron chi connectivity index (χ1n) is 12.2. The number of anilines is 1. The number of non-ortho nitro benzene ring substituents is 1. The summed E-state index contributed by atoms with van der Waals surface area (Å²) in [4.78, 5) is 55.5. The third-order valence-corrected chi connectivity index (χ3v) is 9.62. The topological polar surface area (TPSA) is 123 Å². The molecule has 1 fully saturated rings. The highest BCUT2D eigenvalue weighted by Gasteiger charge is 2.57. The second kappa shape index (κ2) is 10.2. The summed E-state index contributed by atoms with van der Waals surface area (Å²) in [6.45, 7) is 2.04. The molecule has 2 amide bonds. The Kier molecular flexibility index (Phi) is 6.73. The number of ether oxygens (including phenoxy) is 1. The molecule has 6 rings (SSSR count). The van der Waals surface area contributed by atoms with Gasteiger partial charge in [0, 0.05) is 33.5 Å². The Hall–Kier alpha value is -3.93. The van der Waals surface area contributed by atoms with Gasteiger partial charge in [-0.15, -0.1) is 0 Å². The molecule has 0 spiro atoms. The van der Waals surface area contributed by atoms with Gasteiger partial charge in [0.15, 0.2) is 0 Å². The molecule has 9 nitrogen and oxygen atoms in total. The number of hydrogen-bond donors (Lipinski definition) is 1. The molecule has 0 saturated carbocycles. The molecule has 3 aromatic carbocycles. The van der Waals surface area contributed by atoms with Gasteiger partial charge in [0.05, 0.1) is 21.6 Å². The molecule has 1 aromatic heterocycles. The average molecular weight is 594 g/mol. The molecule has 3 heterocycles. The van der Waals surface area contributed by atoms with Crippen LogP contribution < -0.4 is 14.5 Å². The summed E-state index contributed by atoms with van der Waals surface area (Å²) < 4.78 is 6.14. The van der Waals surface area contributed by atoms with Crippen molar-refractivity contribution in [2.75, 3.05) is 4.90 Å². The predicted octanol–water partition coefficient (Wildman–Crippen LogP) is 5.68.